The first-order valence-electron chi connectivity index (χ1n) is 4.16. The molecule has 0 aliphatic carbocycles. The number of rotatable bonds is 3. The number of nitrogens with one attached hydrogen (secondary N) is 1. The standard InChI is InChI=1S/C10H15NO/c1-8(11-2)10(12)9-6-4-3-5-7-9/h3-8,10-12H,1-2H3/t8?,10-/m1/s1. The molecule has 1 aromatic rings. The van der Waals surface area contributed by atoms with Crippen molar-refractivity contribution in [1.82, 2.24) is 5.32 Å². The minimum atomic E-state index is -0.420. The van der Waals surface area contributed by atoms with E-state index in [4.69, 9.17) is 0 Å². The molecule has 0 aromatic heterocycles. The molecular weight excluding hydrogens is 150 g/mol. The molecule has 0 heterocycles. The van der Waals surface area contributed by atoms with E-state index >= 15 is 0 Å². The summed E-state index contributed by atoms with van der Waals surface area (Å²) in [6.07, 6.45) is -0.420. The molecule has 0 aliphatic heterocycles. The van der Waals surface area contributed by atoms with Gasteiger partial charge in [-0.15, -0.1) is 0 Å². The second kappa shape index (κ2) is 4.24. The van der Waals surface area contributed by atoms with E-state index in [-0.39, 0.29) is 6.04 Å². The second-order valence-electron chi connectivity index (χ2n) is 2.93. The van der Waals surface area contributed by atoms with Crippen molar-refractivity contribution in [1.29, 1.82) is 0 Å². The average Bonchev–Trinajstić information content (AvgIpc) is 2.17. The van der Waals surface area contributed by atoms with Gasteiger partial charge in [0.25, 0.3) is 0 Å². The zero-order valence-corrected chi connectivity index (χ0v) is 7.49. The Kier molecular flexibility index (Phi) is 3.26. The molecule has 2 heteroatoms. The van der Waals surface area contributed by atoms with Crippen LogP contribution in [0.2, 0.25) is 0 Å². The third-order valence-corrected chi connectivity index (χ3v) is 2.07. The van der Waals surface area contributed by atoms with Crippen molar-refractivity contribution < 1.29 is 5.11 Å². The highest BCUT2D eigenvalue weighted by molar-refractivity contribution is 5.18. The molecule has 1 aromatic carbocycles. The highest BCUT2D eigenvalue weighted by Crippen LogP contribution is 2.15. The highest BCUT2D eigenvalue weighted by Gasteiger charge is 2.12. The van der Waals surface area contributed by atoms with Gasteiger partial charge in [0.2, 0.25) is 0 Å². The lowest BCUT2D eigenvalue weighted by atomic mass is 10.0. The average molecular weight is 165 g/mol. The Balaban J connectivity index is 2.71. The zero-order valence-electron chi connectivity index (χ0n) is 7.49. The van der Waals surface area contributed by atoms with E-state index < -0.39 is 6.10 Å². The van der Waals surface area contributed by atoms with Gasteiger partial charge < -0.3 is 10.4 Å². The number of aliphatic hydroxyl groups is 1. The topological polar surface area (TPSA) is 32.3 Å². The maximum absolute atomic E-state index is 9.73. The Morgan fingerprint density at radius 1 is 1.25 bits per heavy atom. The Labute approximate surface area is 73.2 Å². The van der Waals surface area contributed by atoms with Gasteiger partial charge in [0.1, 0.15) is 0 Å². The molecule has 0 saturated carbocycles. The zero-order chi connectivity index (χ0) is 8.97. The van der Waals surface area contributed by atoms with Gasteiger partial charge in [-0.1, -0.05) is 30.3 Å². The summed E-state index contributed by atoms with van der Waals surface area (Å²) >= 11 is 0. The summed E-state index contributed by atoms with van der Waals surface area (Å²) in [6, 6.07) is 9.76. The van der Waals surface area contributed by atoms with Crippen molar-refractivity contribution in [3.8, 4) is 0 Å². The van der Waals surface area contributed by atoms with E-state index in [0.717, 1.165) is 5.56 Å². The van der Waals surface area contributed by atoms with Crippen molar-refractivity contribution in [2.75, 3.05) is 7.05 Å². The fourth-order valence-electron chi connectivity index (χ4n) is 1.10. The lowest BCUT2D eigenvalue weighted by Crippen LogP contribution is -2.28. The first-order chi connectivity index (χ1) is 5.75. The first kappa shape index (κ1) is 9.23. The van der Waals surface area contributed by atoms with Crippen LogP contribution in [0.5, 0.6) is 0 Å². The third-order valence-electron chi connectivity index (χ3n) is 2.07. The van der Waals surface area contributed by atoms with E-state index in [1.165, 1.54) is 0 Å². The molecule has 0 saturated heterocycles. The molecule has 2 atom stereocenters. The SMILES string of the molecule is CNC(C)[C@@H](O)c1ccccc1. The molecule has 0 fully saturated rings. The van der Waals surface area contributed by atoms with Crippen LogP contribution >= 0.6 is 0 Å². The van der Waals surface area contributed by atoms with E-state index in [0.29, 0.717) is 0 Å². The first-order valence-corrected chi connectivity index (χ1v) is 4.16. The second-order valence-corrected chi connectivity index (χ2v) is 2.93. The van der Waals surface area contributed by atoms with Crippen LogP contribution in [0.4, 0.5) is 0 Å². The number of hydrogen-bond acceptors (Lipinski definition) is 2. The Bertz CT molecular complexity index is 223. The van der Waals surface area contributed by atoms with Crippen LogP contribution in [0.15, 0.2) is 30.3 Å². The lowest BCUT2D eigenvalue weighted by molar-refractivity contribution is 0.140. The lowest BCUT2D eigenvalue weighted by Gasteiger charge is -2.17. The molecule has 0 radical (unpaired) electrons. The van der Waals surface area contributed by atoms with Gasteiger partial charge in [-0.25, -0.2) is 0 Å². The number of hydrogen-bond donors (Lipinski definition) is 2. The minimum Gasteiger partial charge on any atom is -0.387 e. The smallest absolute Gasteiger partial charge is 0.0940 e. The van der Waals surface area contributed by atoms with Crippen molar-refractivity contribution in [3.05, 3.63) is 35.9 Å². The molecule has 0 amide bonds. The van der Waals surface area contributed by atoms with Gasteiger partial charge in [0.05, 0.1) is 6.10 Å². The monoisotopic (exact) mass is 165 g/mol. The van der Waals surface area contributed by atoms with Crippen molar-refractivity contribution in [2.24, 2.45) is 0 Å². The molecule has 1 unspecified atom stereocenters. The molecule has 0 aliphatic rings. The van der Waals surface area contributed by atoms with Crippen LogP contribution in [0, 0.1) is 0 Å². The van der Waals surface area contributed by atoms with Crippen molar-refractivity contribution in [3.63, 3.8) is 0 Å². The fraction of sp³-hybridized carbons (Fsp3) is 0.400. The van der Waals surface area contributed by atoms with Gasteiger partial charge >= 0.3 is 0 Å². The number of aliphatic hydroxyl groups excluding tert-OH is 1. The van der Waals surface area contributed by atoms with Crippen LogP contribution in [0.25, 0.3) is 0 Å². The normalized spacial score (nSPS) is 15.6. The van der Waals surface area contributed by atoms with E-state index in [9.17, 15) is 5.11 Å². The summed E-state index contributed by atoms with van der Waals surface area (Å²) in [5.41, 5.74) is 0.958. The van der Waals surface area contributed by atoms with Crippen LogP contribution in [0.1, 0.15) is 18.6 Å². The molecule has 1 rings (SSSR count). The van der Waals surface area contributed by atoms with Gasteiger partial charge in [-0.2, -0.15) is 0 Å². The summed E-state index contributed by atoms with van der Waals surface area (Å²) in [5, 5.41) is 12.7. The van der Waals surface area contributed by atoms with Gasteiger partial charge in [-0.05, 0) is 19.5 Å². The fourth-order valence-corrected chi connectivity index (χ4v) is 1.10. The summed E-state index contributed by atoms with van der Waals surface area (Å²) in [6.45, 7) is 1.96. The van der Waals surface area contributed by atoms with Gasteiger partial charge in [-0.3, -0.25) is 0 Å². The van der Waals surface area contributed by atoms with Crippen molar-refractivity contribution in [2.45, 2.75) is 19.1 Å². The number of likely N-dealkylation sites (N-methyl/N-ethyl adjacent to an activating group) is 1. The quantitative estimate of drug-likeness (QED) is 0.708. The van der Waals surface area contributed by atoms with E-state index in [1.54, 1.807) is 0 Å². The maximum Gasteiger partial charge on any atom is 0.0940 e. The van der Waals surface area contributed by atoms with Gasteiger partial charge in [0.15, 0.2) is 0 Å². The molecule has 0 spiro atoms. The summed E-state index contributed by atoms with van der Waals surface area (Å²) in [5.74, 6) is 0. The molecule has 12 heavy (non-hydrogen) atoms. The highest BCUT2D eigenvalue weighted by atomic mass is 16.3. The largest absolute Gasteiger partial charge is 0.387 e. The van der Waals surface area contributed by atoms with Crippen LogP contribution in [0.3, 0.4) is 0 Å². The summed E-state index contributed by atoms with van der Waals surface area (Å²) in [4.78, 5) is 0. The predicted octanol–water partition coefficient (Wildman–Crippen LogP) is 1.33. The van der Waals surface area contributed by atoms with Crippen LogP contribution < -0.4 is 5.32 Å². The molecule has 0 bridgehead atoms. The number of benzene rings is 1. The Morgan fingerprint density at radius 3 is 2.33 bits per heavy atom. The molecular formula is C10H15NO. The van der Waals surface area contributed by atoms with Crippen LogP contribution in [-0.4, -0.2) is 18.2 Å². The van der Waals surface area contributed by atoms with Crippen LogP contribution in [-0.2, 0) is 0 Å². The predicted molar refractivity (Wildman–Crippen MR) is 49.9 cm³/mol. The van der Waals surface area contributed by atoms with E-state index in [2.05, 4.69) is 5.32 Å². The summed E-state index contributed by atoms with van der Waals surface area (Å²) in [7, 11) is 1.84. The Morgan fingerprint density at radius 2 is 1.83 bits per heavy atom. The van der Waals surface area contributed by atoms with Gasteiger partial charge in [0, 0.05) is 6.04 Å². The molecule has 2 N–H and O–H groups in total. The van der Waals surface area contributed by atoms with Crippen molar-refractivity contribution >= 4 is 0 Å². The maximum atomic E-state index is 9.73. The minimum absolute atomic E-state index is 0.0902. The Hall–Kier alpha value is -0.860. The molecule has 2 nitrogen and oxygen atoms in total. The van der Waals surface area contributed by atoms with E-state index in [1.807, 2.05) is 44.3 Å². The third kappa shape index (κ3) is 2.06. The summed E-state index contributed by atoms with van der Waals surface area (Å²) < 4.78 is 0. The molecule has 66 valence electrons.